The van der Waals surface area contributed by atoms with Crippen LogP contribution in [0, 0.1) is 0 Å². The summed E-state index contributed by atoms with van der Waals surface area (Å²) in [6.07, 6.45) is 3.25. The summed E-state index contributed by atoms with van der Waals surface area (Å²) in [5.41, 5.74) is 0. The molecule has 3 heteroatoms. The molecule has 0 N–H and O–H groups in total. The topological polar surface area (TPSA) is 23.6 Å². The minimum absolute atomic E-state index is 0.398. The molecule has 2 unspecified atom stereocenters. The molecule has 0 amide bonds. The summed E-state index contributed by atoms with van der Waals surface area (Å²) >= 11 is 0. The second-order valence-electron chi connectivity index (χ2n) is 5.50. The molecule has 0 spiro atoms. The number of piperazine rings is 1. The maximum atomic E-state index is 11.6. The van der Waals surface area contributed by atoms with Crippen LogP contribution in [0.3, 0.4) is 0 Å². The van der Waals surface area contributed by atoms with Gasteiger partial charge in [-0.15, -0.1) is 0 Å². The monoisotopic (exact) mass is 224 g/mol. The number of carbonyl (C=O) groups is 1. The highest BCUT2D eigenvalue weighted by molar-refractivity contribution is 5.80. The summed E-state index contributed by atoms with van der Waals surface area (Å²) < 4.78 is 0. The van der Waals surface area contributed by atoms with E-state index in [1.165, 1.54) is 12.8 Å². The van der Waals surface area contributed by atoms with Gasteiger partial charge < -0.3 is 0 Å². The molecule has 2 fully saturated rings. The van der Waals surface area contributed by atoms with Crippen LogP contribution in [-0.4, -0.2) is 53.3 Å². The average Bonchev–Trinajstić information content (AvgIpc) is 2.51. The van der Waals surface area contributed by atoms with Gasteiger partial charge in [-0.1, -0.05) is 6.92 Å². The number of Topliss-reactive ketones (excluding diaryl/α,β-unsaturated/α-hetero) is 1. The van der Waals surface area contributed by atoms with Crippen molar-refractivity contribution in [2.45, 2.75) is 58.2 Å². The van der Waals surface area contributed by atoms with E-state index >= 15 is 0 Å². The van der Waals surface area contributed by atoms with Gasteiger partial charge in [0.25, 0.3) is 0 Å². The second-order valence-corrected chi connectivity index (χ2v) is 5.50. The van der Waals surface area contributed by atoms with Gasteiger partial charge in [0.1, 0.15) is 5.78 Å². The van der Waals surface area contributed by atoms with Crippen LogP contribution in [0.5, 0.6) is 0 Å². The molecule has 0 saturated carbocycles. The highest BCUT2D eigenvalue weighted by Gasteiger charge is 2.40. The van der Waals surface area contributed by atoms with Gasteiger partial charge >= 0.3 is 0 Å². The van der Waals surface area contributed by atoms with Gasteiger partial charge in [-0.2, -0.15) is 0 Å². The van der Waals surface area contributed by atoms with Crippen LogP contribution in [0.1, 0.15) is 40.0 Å². The summed E-state index contributed by atoms with van der Waals surface area (Å²) in [4.78, 5) is 16.6. The fourth-order valence-corrected chi connectivity index (χ4v) is 3.02. The number of carbonyl (C=O) groups excluding carboxylic acids is 1. The molecule has 16 heavy (non-hydrogen) atoms. The second kappa shape index (κ2) is 4.84. The lowest BCUT2D eigenvalue weighted by molar-refractivity contribution is -0.121. The largest absolute Gasteiger partial charge is 0.298 e. The zero-order chi connectivity index (χ0) is 11.7. The highest BCUT2D eigenvalue weighted by atomic mass is 16.1. The van der Waals surface area contributed by atoms with Gasteiger partial charge in [-0.25, -0.2) is 0 Å². The Morgan fingerprint density at radius 3 is 2.25 bits per heavy atom. The van der Waals surface area contributed by atoms with Crippen molar-refractivity contribution >= 4 is 5.78 Å². The molecule has 0 aromatic rings. The smallest absolute Gasteiger partial charge is 0.146 e. The molecule has 2 saturated heterocycles. The predicted octanol–water partition coefficient (Wildman–Crippen LogP) is 1.52. The van der Waals surface area contributed by atoms with Gasteiger partial charge in [0.05, 0.1) is 6.54 Å². The van der Waals surface area contributed by atoms with E-state index in [9.17, 15) is 4.79 Å². The van der Waals surface area contributed by atoms with Crippen LogP contribution in [0.15, 0.2) is 0 Å². The standard InChI is InChI=1S/C13H24N2O/c1-4-13(16)9-15-11-5-6-12(15)8-14(7-11)10(2)3/h10-12H,4-9H2,1-3H3. The fraction of sp³-hybridized carbons (Fsp3) is 0.923. The van der Waals surface area contributed by atoms with Crippen molar-refractivity contribution in [2.75, 3.05) is 19.6 Å². The Morgan fingerprint density at radius 2 is 1.81 bits per heavy atom. The Bertz CT molecular complexity index is 251. The number of rotatable bonds is 4. The van der Waals surface area contributed by atoms with Crippen LogP contribution in [-0.2, 0) is 4.79 Å². The molecule has 2 aliphatic rings. The van der Waals surface area contributed by atoms with E-state index in [1.807, 2.05) is 6.92 Å². The lowest BCUT2D eigenvalue weighted by Crippen LogP contribution is -2.56. The highest BCUT2D eigenvalue weighted by Crippen LogP contribution is 2.30. The fourth-order valence-electron chi connectivity index (χ4n) is 3.02. The van der Waals surface area contributed by atoms with E-state index in [4.69, 9.17) is 0 Å². The van der Waals surface area contributed by atoms with Crippen LogP contribution < -0.4 is 0 Å². The predicted molar refractivity (Wildman–Crippen MR) is 65.5 cm³/mol. The van der Waals surface area contributed by atoms with Crippen molar-refractivity contribution in [1.82, 2.24) is 9.80 Å². The number of nitrogens with zero attached hydrogens (tertiary/aromatic N) is 2. The van der Waals surface area contributed by atoms with Crippen molar-refractivity contribution in [3.8, 4) is 0 Å². The summed E-state index contributed by atoms with van der Waals surface area (Å²) in [5.74, 6) is 0.398. The molecule has 0 radical (unpaired) electrons. The zero-order valence-corrected chi connectivity index (χ0v) is 10.8. The SMILES string of the molecule is CCC(=O)CN1C2CCC1CN(C(C)C)C2. The summed E-state index contributed by atoms with van der Waals surface area (Å²) in [5, 5.41) is 0. The Morgan fingerprint density at radius 1 is 1.25 bits per heavy atom. The first-order chi connectivity index (χ1) is 7.61. The van der Waals surface area contributed by atoms with E-state index < -0.39 is 0 Å². The average molecular weight is 224 g/mol. The van der Waals surface area contributed by atoms with Gasteiger partial charge in [0, 0.05) is 37.6 Å². The molecule has 0 aliphatic carbocycles. The first-order valence-electron chi connectivity index (χ1n) is 6.63. The molecule has 2 aliphatic heterocycles. The zero-order valence-electron chi connectivity index (χ0n) is 10.8. The van der Waals surface area contributed by atoms with E-state index in [2.05, 4.69) is 23.6 Å². The molecule has 2 heterocycles. The molecule has 3 nitrogen and oxygen atoms in total. The third-order valence-electron chi connectivity index (χ3n) is 4.15. The first kappa shape index (κ1) is 12.1. The molecular weight excluding hydrogens is 200 g/mol. The Kier molecular flexibility index (Phi) is 3.65. The van der Waals surface area contributed by atoms with E-state index in [0.29, 0.717) is 36.9 Å². The molecule has 2 atom stereocenters. The maximum Gasteiger partial charge on any atom is 0.146 e. The number of fused-ring (bicyclic) bond motifs is 2. The minimum atomic E-state index is 0.398. The number of ketones is 1. The van der Waals surface area contributed by atoms with Crippen molar-refractivity contribution in [1.29, 1.82) is 0 Å². The Labute approximate surface area is 98.8 Å². The number of likely N-dealkylation sites (tertiary alicyclic amines) is 1. The van der Waals surface area contributed by atoms with Gasteiger partial charge in [-0.05, 0) is 26.7 Å². The summed E-state index contributed by atoms with van der Waals surface area (Å²) in [6.45, 7) is 9.52. The molecule has 2 bridgehead atoms. The van der Waals surface area contributed by atoms with Gasteiger partial charge in [0.15, 0.2) is 0 Å². The molecule has 0 aromatic carbocycles. The third-order valence-corrected chi connectivity index (χ3v) is 4.15. The first-order valence-corrected chi connectivity index (χ1v) is 6.63. The molecule has 92 valence electrons. The molecule has 2 rings (SSSR count). The molecular formula is C13H24N2O. The van der Waals surface area contributed by atoms with Crippen molar-refractivity contribution in [3.63, 3.8) is 0 Å². The Balaban J connectivity index is 1.97. The minimum Gasteiger partial charge on any atom is -0.298 e. The number of hydrogen-bond donors (Lipinski definition) is 0. The van der Waals surface area contributed by atoms with E-state index in [0.717, 1.165) is 13.1 Å². The van der Waals surface area contributed by atoms with Gasteiger partial charge in [0.2, 0.25) is 0 Å². The summed E-state index contributed by atoms with van der Waals surface area (Å²) in [7, 11) is 0. The third kappa shape index (κ3) is 2.30. The lowest BCUT2D eigenvalue weighted by atomic mass is 10.1. The van der Waals surface area contributed by atoms with Crippen LogP contribution in [0.25, 0.3) is 0 Å². The maximum absolute atomic E-state index is 11.6. The van der Waals surface area contributed by atoms with Crippen LogP contribution in [0.4, 0.5) is 0 Å². The molecule has 0 aromatic heterocycles. The van der Waals surface area contributed by atoms with E-state index in [1.54, 1.807) is 0 Å². The number of hydrogen-bond acceptors (Lipinski definition) is 3. The Hall–Kier alpha value is -0.410. The van der Waals surface area contributed by atoms with Gasteiger partial charge in [-0.3, -0.25) is 14.6 Å². The van der Waals surface area contributed by atoms with Crippen molar-refractivity contribution in [2.24, 2.45) is 0 Å². The van der Waals surface area contributed by atoms with E-state index in [-0.39, 0.29) is 0 Å². The quantitative estimate of drug-likeness (QED) is 0.723. The summed E-state index contributed by atoms with van der Waals surface area (Å²) in [6, 6.07) is 1.92. The van der Waals surface area contributed by atoms with Crippen molar-refractivity contribution in [3.05, 3.63) is 0 Å². The van der Waals surface area contributed by atoms with Crippen molar-refractivity contribution < 1.29 is 4.79 Å². The normalized spacial score (nSPS) is 31.2. The van der Waals surface area contributed by atoms with Crippen LogP contribution >= 0.6 is 0 Å². The van der Waals surface area contributed by atoms with Crippen LogP contribution in [0.2, 0.25) is 0 Å². The lowest BCUT2D eigenvalue weighted by Gasteiger charge is -2.42.